The molecule has 6 nitrogen and oxygen atoms in total. The summed E-state index contributed by atoms with van der Waals surface area (Å²) in [4.78, 5) is 34.0. The fourth-order valence-corrected chi connectivity index (χ4v) is 3.72. The standard InChI is InChI=1S/C20H14N4O2/c25-19-17-15(11-5-2-1-3-6-11)16-12-7-4-10-21-13(12)8-9-14(16)22-18(17)23-20(26)24-19/h1-10,15H,(H3,22,23,24,25,26). The van der Waals surface area contributed by atoms with Crippen LogP contribution in [0.4, 0.5) is 11.5 Å². The van der Waals surface area contributed by atoms with Crippen molar-refractivity contribution in [2.24, 2.45) is 0 Å². The molecule has 1 aliphatic rings. The Labute approximate surface area is 147 Å². The fourth-order valence-electron chi connectivity index (χ4n) is 3.72. The fraction of sp³-hybridized carbons (Fsp3) is 0.0500. The van der Waals surface area contributed by atoms with E-state index in [2.05, 4.69) is 20.3 Å². The molecule has 2 aromatic carbocycles. The molecule has 0 spiro atoms. The number of benzene rings is 2. The highest BCUT2D eigenvalue weighted by molar-refractivity contribution is 5.92. The Morgan fingerprint density at radius 2 is 1.69 bits per heavy atom. The van der Waals surface area contributed by atoms with E-state index in [0.717, 1.165) is 27.7 Å². The van der Waals surface area contributed by atoms with Gasteiger partial charge in [-0.05, 0) is 29.3 Å². The second kappa shape index (κ2) is 5.42. The molecule has 0 saturated heterocycles. The topological polar surface area (TPSA) is 90.6 Å². The van der Waals surface area contributed by atoms with E-state index < -0.39 is 11.2 Å². The first kappa shape index (κ1) is 14.7. The van der Waals surface area contributed by atoms with E-state index in [-0.39, 0.29) is 5.92 Å². The van der Waals surface area contributed by atoms with Gasteiger partial charge in [0.05, 0.1) is 11.1 Å². The van der Waals surface area contributed by atoms with Gasteiger partial charge in [0.15, 0.2) is 0 Å². The van der Waals surface area contributed by atoms with Gasteiger partial charge in [0.1, 0.15) is 5.82 Å². The molecule has 0 amide bonds. The quantitative estimate of drug-likeness (QED) is 0.437. The molecule has 2 aromatic heterocycles. The van der Waals surface area contributed by atoms with Crippen molar-refractivity contribution in [3.05, 3.63) is 98.3 Å². The molecule has 0 aliphatic carbocycles. The monoisotopic (exact) mass is 342 g/mol. The van der Waals surface area contributed by atoms with Crippen LogP contribution in [0.5, 0.6) is 0 Å². The number of H-pyrrole nitrogens is 2. The second-order valence-corrected chi connectivity index (χ2v) is 6.26. The number of rotatable bonds is 1. The Morgan fingerprint density at radius 3 is 2.54 bits per heavy atom. The minimum absolute atomic E-state index is 0.309. The van der Waals surface area contributed by atoms with Crippen molar-refractivity contribution in [1.29, 1.82) is 0 Å². The van der Waals surface area contributed by atoms with Gasteiger partial charge in [-0.25, -0.2) is 4.79 Å². The summed E-state index contributed by atoms with van der Waals surface area (Å²) >= 11 is 0. The summed E-state index contributed by atoms with van der Waals surface area (Å²) in [5.41, 5.74) is 3.25. The van der Waals surface area contributed by atoms with E-state index in [1.807, 2.05) is 54.6 Å². The molecule has 5 rings (SSSR count). The zero-order chi connectivity index (χ0) is 17.7. The average molecular weight is 342 g/mol. The Balaban J connectivity index is 1.92. The average Bonchev–Trinajstić information content (AvgIpc) is 2.66. The zero-order valence-electron chi connectivity index (χ0n) is 13.6. The van der Waals surface area contributed by atoms with Crippen molar-refractivity contribution in [2.75, 3.05) is 5.32 Å². The highest BCUT2D eigenvalue weighted by atomic mass is 16.2. The molecular formula is C20H14N4O2. The summed E-state index contributed by atoms with van der Waals surface area (Å²) in [6.07, 6.45) is 1.75. The van der Waals surface area contributed by atoms with Crippen molar-refractivity contribution in [3.63, 3.8) is 0 Å². The number of anilines is 2. The molecule has 126 valence electrons. The van der Waals surface area contributed by atoms with Crippen molar-refractivity contribution in [3.8, 4) is 0 Å². The lowest BCUT2D eigenvalue weighted by molar-refractivity contribution is 0.893. The van der Waals surface area contributed by atoms with Gasteiger partial charge in [0, 0.05) is 23.2 Å². The van der Waals surface area contributed by atoms with Gasteiger partial charge >= 0.3 is 5.69 Å². The first-order valence-electron chi connectivity index (χ1n) is 8.28. The van der Waals surface area contributed by atoms with Crippen molar-refractivity contribution in [2.45, 2.75) is 5.92 Å². The maximum atomic E-state index is 12.7. The molecule has 0 radical (unpaired) electrons. The van der Waals surface area contributed by atoms with E-state index in [1.54, 1.807) is 6.20 Å². The van der Waals surface area contributed by atoms with Crippen LogP contribution in [0.15, 0.2) is 70.4 Å². The molecule has 0 fully saturated rings. The maximum Gasteiger partial charge on any atom is 0.327 e. The Bertz CT molecular complexity index is 1260. The highest BCUT2D eigenvalue weighted by Gasteiger charge is 2.32. The first-order chi connectivity index (χ1) is 12.7. The van der Waals surface area contributed by atoms with Gasteiger partial charge < -0.3 is 5.32 Å². The number of hydrogen-bond donors (Lipinski definition) is 3. The normalized spacial score (nSPS) is 15.2. The third-order valence-corrected chi connectivity index (χ3v) is 4.78. The van der Waals surface area contributed by atoms with E-state index in [4.69, 9.17) is 0 Å². The van der Waals surface area contributed by atoms with Gasteiger partial charge in [-0.15, -0.1) is 0 Å². The Morgan fingerprint density at radius 1 is 0.846 bits per heavy atom. The van der Waals surface area contributed by atoms with Crippen molar-refractivity contribution in [1.82, 2.24) is 15.0 Å². The molecule has 1 aliphatic heterocycles. The molecule has 26 heavy (non-hydrogen) atoms. The zero-order valence-corrected chi connectivity index (χ0v) is 13.6. The number of aromatic amines is 2. The van der Waals surface area contributed by atoms with Crippen LogP contribution in [0, 0.1) is 0 Å². The van der Waals surface area contributed by atoms with E-state index in [9.17, 15) is 9.59 Å². The van der Waals surface area contributed by atoms with E-state index in [1.165, 1.54) is 0 Å². The minimum Gasteiger partial charge on any atom is -0.341 e. The molecule has 4 aromatic rings. The van der Waals surface area contributed by atoms with Crippen LogP contribution in [-0.4, -0.2) is 15.0 Å². The number of pyridine rings is 1. The molecular weight excluding hydrogens is 328 g/mol. The van der Waals surface area contributed by atoms with Crippen molar-refractivity contribution < 1.29 is 0 Å². The number of fused-ring (bicyclic) bond motifs is 4. The van der Waals surface area contributed by atoms with Crippen LogP contribution in [0.3, 0.4) is 0 Å². The number of hydrogen-bond acceptors (Lipinski definition) is 4. The van der Waals surface area contributed by atoms with E-state index in [0.29, 0.717) is 11.4 Å². The SMILES string of the molecule is O=c1[nH]c2c(c(=O)[nH]1)C(c1ccccc1)c1c(ccc3ncccc13)N2. The Hall–Kier alpha value is -3.67. The van der Waals surface area contributed by atoms with Gasteiger partial charge in [-0.3, -0.25) is 19.7 Å². The molecule has 6 heteroatoms. The molecule has 3 N–H and O–H groups in total. The summed E-state index contributed by atoms with van der Waals surface area (Å²) in [5, 5.41) is 4.19. The van der Waals surface area contributed by atoms with Gasteiger partial charge in [0.25, 0.3) is 5.56 Å². The molecule has 1 atom stereocenters. The highest BCUT2D eigenvalue weighted by Crippen LogP contribution is 2.44. The predicted molar refractivity (Wildman–Crippen MR) is 100 cm³/mol. The first-order valence-corrected chi connectivity index (χ1v) is 8.28. The minimum atomic E-state index is -0.529. The predicted octanol–water partition coefficient (Wildman–Crippen LogP) is 2.85. The maximum absolute atomic E-state index is 12.7. The third kappa shape index (κ3) is 2.09. The van der Waals surface area contributed by atoms with Crippen LogP contribution in [0.1, 0.15) is 22.6 Å². The van der Waals surface area contributed by atoms with Gasteiger partial charge in [-0.1, -0.05) is 36.4 Å². The summed E-state index contributed by atoms with van der Waals surface area (Å²) < 4.78 is 0. The van der Waals surface area contributed by atoms with Crippen LogP contribution in [0.25, 0.3) is 10.9 Å². The van der Waals surface area contributed by atoms with E-state index >= 15 is 0 Å². The molecule has 3 heterocycles. The van der Waals surface area contributed by atoms with Crippen LogP contribution < -0.4 is 16.6 Å². The number of nitrogens with one attached hydrogen (secondary N) is 3. The number of aromatic nitrogens is 3. The van der Waals surface area contributed by atoms with Gasteiger partial charge in [-0.2, -0.15) is 0 Å². The summed E-state index contributed by atoms with van der Waals surface area (Å²) in [7, 11) is 0. The lowest BCUT2D eigenvalue weighted by Gasteiger charge is -2.29. The number of nitrogens with zero attached hydrogens (tertiary/aromatic N) is 1. The molecule has 1 unspecified atom stereocenters. The summed E-state index contributed by atoms with van der Waals surface area (Å²) in [6, 6.07) is 17.6. The lowest BCUT2D eigenvalue weighted by Crippen LogP contribution is -2.31. The summed E-state index contributed by atoms with van der Waals surface area (Å²) in [6.45, 7) is 0. The summed E-state index contributed by atoms with van der Waals surface area (Å²) in [5.74, 6) is 0.124. The van der Waals surface area contributed by atoms with Crippen molar-refractivity contribution >= 4 is 22.4 Å². The van der Waals surface area contributed by atoms with Crippen LogP contribution in [-0.2, 0) is 0 Å². The smallest absolute Gasteiger partial charge is 0.327 e. The largest absolute Gasteiger partial charge is 0.341 e. The third-order valence-electron chi connectivity index (χ3n) is 4.78. The van der Waals surface area contributed by atoms with Crippen LogP contribution in [0.2, 0.25) is 0 Å². The Kier molecular flexibility index (Phi) is 3.05. The second-order valence-electron chi connectivity index (χ2n) is 6.26. The van der Waals surface area contributed by atoms with Gasteiger partial charge in [0.2, 0.25) is 0 Å². The lowest BCUT2D eigenvalue weighted by atomic mass is 9.81. The van der Waals surface area contributed by atoms with Crippen LogP contribution >= 0.6 is 0 Å². The molecule has 0 bridgehead atoms. The molecule has 0 saturated carbocycles.